The van der Waals surface area contributed by atoms with E-state index in [9.17, 15) is 4.79 Å². The van der Waals surface area contributed by atoms with Crippen molar-refractivity contribution in [3.8, 4) is 16.9 Å². The molecule has 1 aliphatic carbocycles. The number of benzene rings is 2. The van der Waals surface area contributed by atoms with Gasteiger partial charge in [0.1, 0.15) is 5.75 Å². The monoisotopic (exact) mass is 347 g/mol. The molecule has 132 valence electrons. The third-order valence-corrected chi connectivity index (χ3v) is 4.62. The molecule has 0 bridgehead atoms. The standard InChI is InChI=1S/C21H21N3O2/c1-26-18-10-8-16(9-11-18)15-4-2-14(3-5-15)12-21(25)22-20-13-19(23-24-20)17-6-7-17/h2-5,8-11,13,17H,6-7,12H2,1H3,(H2,22,23,24,25). The van der Waals surface area contributed by atoms with Gasteiger partial charge in [-0.05, 0) is 41.7 Å². The largest absolute Gasteiger partial charge is 0.497 e. The Hall–Kier alpha value is -3.08. The number of aromatic nitrogens is 2. The van der Waals surface area contributed by atoms with E-state index in [1.54, 1.807) is 7.11 Å². The maximum Gasteiger partial charge on any atom is 0.229 e. The Kier molecular flexibility index (Phi) is 4.44. The summed E-state index contributed by atoms with van der Waals surface area (Å²) in [5, 5.41) is 10.0. The minimum absolute atomic E-state index is 0.0592. The second-order valence-corrected chi connectivity index (χ2v) is 6.63. The Morgan fingerprint density at radius 2 is 1.77 bits per heavy atom. The summed E-state index contributed by atoms with van der Waals surface area (Å²) in [6.07, 6.45) is 2.74. The van der Waals surface area contributed by atoms with E-state index < -0.39 is 0 Å². The molecule has 1 amide bonds. The van der Waals surface area contributed by atoms with E-state index >= 15 is 0 Å². The molecule has 5 nitrogen and oxygen atoms in total. The van der Waals surface area contributed by atoms with Crippen LogP contribution in [0.5, 0.6) is 5.75 Å². The van der Waals surface area contributed by atoms with E-state index in [4.69, 9.17) is 4.74 Å². The van der Waals surface area contributed by atoms with Crippen LogP contribution in [0.3, 0.4) is 0 Å². The molecule has 0 unspecified atom stereocenters. The topological polar surface area (TPSA) is 67.0 Å². The molecule has 1 saturated carbocycles. The Morgan fingerprint density at radius 3 is 2.38 bits per heavy atom. The maximum absolute atomic E-state index is 12.2. The molecule has 1 heterocycles. The van der Waals surface area contributed by atoms with E-state index in [1.807, 2.05) is 54.6 Å². The number of nitrogens with zero attached hydrogens (tertiary/aromatic N) is 1. The highest BCUT2D eigenvalue weighted by Crippen LogP contribution is 2.39. The number of anilines is 1. The number of hydrogen-bond donors (Lipinski definition) is 2. The SMILES string of the molecule is COc1ccc(-c2ccc(CC(=O)Nc3cc(C4CC4)[nH]n3)cc2)cc1. The second kappa shape index (κ2) is 7.04. The van der Waals surface area contributed by atoms with Crippen LogP contribution in [0.25, 0.3) is 11.1 Å². The Morgan fingerprint density at radius 1 is 1.12 bits per heavy atom. The summed E-state index contributed by atoms with van der Waals surface area (Å²) >= 11 is 0. The van der Waals surface area contributed by atoms with Crippen LogP contribution in [-0.2, 0) is 11.2 Å². The lowest BCUT2D eigenvalue weighted by molar-refractivity contribution is -0.115. The van der Waals surface area contributed by atoms with E-state index in [0.717, 1.165) is 28.1 Å². The molecule has 0 atom stereocenters. The van der Waals surface area contributed by atoms with Gasteiger partial charge in [-0.25, -0.2) is 0 Å². The van der Waals surface area contributed by atoms with Gasteiger partial charge >= 0.3 is 0 Å². The van der Waals surface area contributed by atoms with E-state index in [-0.39, 0.29) is 5.91 Å². The van der Waals surface area contributed by atoms with Gasteiger partial charge in [0, 0.05) is 17.7 Å². The van der Waals surface area contributed by atoms with Gasteiger partial charge in [0.25, 0.3) is 0 Å². The number of H-pyrrole nitrogens is 1. The first kappa shape index (κ1) is 16.4. The number of rotatable bonds is 6. The van der Waals surface area contributed by atoms with Crippen LogP contribution in [0.2, 0.25) is 0 Å². The normalized spacial score (nSPS) is 13.4. The van der Waals surface area contributed by atoms with Crippen molar-refractivity contribution in [2.24, 2.45) is 0 Å². The molecule has 0 spiro atoms. The quantitative estimate of drug-likeness (QED) is 0.704. The molecule has 1 aliphatic rings. The predicted molar refractivity (Wildman–Crippen MR) is 101 cm³/mol. The highest BCUT2D eigenvalue weighted by atomic mass is 16.5. The zero-order valence-corrected chi connectivity index (χ0v) is 14.7. The van der Waals surface area contributed by atoms with Crippen LogP contribution >= 0.6 is 0 Å². The molecule has 0 saturated heterocycles. The average molecular weight is 347 g/mol. The fraction of sp³-hybridized carbons (Fsp3) is 0.238. The van der Waals surface area contributed by atoms with E-state index in [1.165, 1.54) is 12.8 Å². The minimum atomic E-state index is -0.0592. The van der Waals surface area contributed by atoms with Crippen molar-refractivity contribution >= 4 is 11.7 Å². The zero-order chi connectivity index (χ0) is 17.9. The number of aromatic amines is 1. The smallest absolute Gasteiger partial charge is 0.229 e. The van der Waals surface area contributed by atoms with Crippen molar-refractivity contribution in [2.45, 2.75) is 25.2 Å². The van der Waals surface area contributed by atoms with Gasteiger partial charge in [-0.3, -0.25) is 9.89 Å². The number of ether oxygens (including phenoxy) is 1. The van der Waals surface area contributed by atoms with Crippen molar-refractivity contribution in [2.75, 3.05) is 12.4 Å². The summed E-state index contributed by atoms with van der Waals surface area (Å²) in [6, 6.07) is 17.9. The van der Waals surface area contributed by atoms with Crippen molar-refractivity contribution in [1.29, 1.82) is 0 Å². The highest BCUT2D eigenvalue weighted by Gasteiger charge is 2.25. The highest BCUT2D eigenvalue weighted by molar-refractivity contribution is 5.91. The zero-order valence-electron chi connectivity index (χ0n) is 14.7. The lowest BCUT2D eigenvalue weighted by atomic mass is 10.0. The van der Waals surface area contributed by atoms with E-state index in [2.05, 4.69) is 15.5 Å². The van der Waals surface area contributed by atoms with Gasteiger partial charge in [0.15, 0.2) is 5.82 Å². The number of methoxy groups -OCH3 is 1. The number of nitrogens with one attached hydrogen (secondary N) is 2. The van der Waals surface area contributed by atoms with Gasteiger partial charge in [-0.15, -0.1) is 0 Å². The predicted octanol–water partition coefficient (Wildman–Crippen LogP) is 4.14. The van der Waals surface area contributed by atoms with Crippen LogP contribution in [0.1, 0.15) is 30.0 Å². The first-order chi connectivity index (χ1) is 12.7. The van der Waals surface area contributed by atoms with Crippen LogP contribution in [0.4, 0.5) is 5.82 Å². The molecule has 0 radical (unpaired) electrons. The molecule has 1 fully saturated rings. The molecule has 26 heavy (non-hydrogen) atoms. The van der Waals surface area contributed by atoms with Gasteiger partial charge in [-0.1, -0.05) is 36.4 Å². The van der Waals surface area contributed by atoms with Crippen LogP contribution in [0, 0.1) is 0 Å². The molecule has 2 N–H and O–H groups in total. The summed E-state index contributed by atoms with van der Waals surface area (Å²) in [7, 11) is 1.66. The number of carbonyl (C=O) groups is 1. The van der Waals surface area contributed by atoms with Crippen molar-refractivity contribution in [3.63, 3.8) is 0 Å². The molecule has 2 aromatic carbocycles. The van der Waals surface area contributed by atoms with Crippen LogP contribution in [-0.4, -0.2) is 23.2 Å². The van der Waals surface area contributed by atoms with Gasteiger partial charge in [0.2, 0.25) is 5.91 Å². The Labute approximate surface area is 152 Å². The Bertz CT molecular complexity index is 894. The minimum Gasteiger partial charge on any atom is -0.497 e. The summed E-state index contributed by atoms with van der Waals surface area (Å²) in [6.45, 7) is 0. The first-order valence-electron chi connectivity index (χ1n) is 8.80. The number of carbonyl (C=O) groups excluding carboxylic acids is 1. The summed E-state index contributed by atoms with van der Waals surface area (Å²) < 4.78 is 5.18. The lowest BCUT2D eigenvalue weighted by Gasteiger charge is -2.06. The van der Waals surface area contributed by atoms with Gasteiger partial charge in [0.05, 0.1) is 13.5 Å². The second-order valence-electron chi connectivity index (χ2n) is 6.63. The summed E-state index contributed by atoms with van der Waals surface area (Å²) in [5.41, 5.74) is 4.31. The maximum atomic E-state index is 12.2. The third kappa shape index (κ3) is 3.77. The van der Waals surface area contributed by atoms with Crippen molar-refractivity contribution in [3.05, 3.63) is 65.9 Å². The fourth-order valence-corrected chi connectivity index (χ4v) is 2.98. The van der Waals surface area contributed by atoms with Gasteiger partial charge in [-0.2, -0.15) is 5.10 Å². The lowest BCUT2D eigenvalue weighted by Crippen LogP contribution is -2.14. The number of hydrogen-bond acceptors (Lipinski definition) is 3. The molecular weight excluding hydrogens is 326 g/mol. The molecular formula is C21H21N3O2. The van der Waals surface area contributed by atoms with Crippen LogP contribution in [0.15, 0.2) is 54.6 Å². The average Bonchev–Trinajstić information content (AvgIpc) is 3.42. The third-order valence-electron chi connectivity index (χ3n) is 4.62. The summed E-state index contributed by atoms with van der Waals surface area (Å²) in [4.78, 5) is 12.2. The Balaban J connectivity index is 1.37. The first-order valence-corrected chi connectivity index (χ1v) is 8.80. The molecule has 4 rings (SSSR count). The molecule has 3 aromatic rings. The van der Waals surface area contributed by atoms with Crippen LogP contribution < -0.4 is 10.1 Å². The van der Waals surface area contributed by atoms with Crippen molar-refractivity contribution < 1.29 is 9.53 Å². The molecule has 1 aromatic heterocycles. The molecule has 0 aliphatic heterocycles. The van der Waals surface area contributed by atoms with Gasteiger partial charge < -0.3 is 10.1 Å². The van der Waals surface area contributed by atoms with Crippen molar-refractivity contribution in [1.82, 2.24) is 10.2 Å². The number of amides is 1. The summed E-state index contributed by atoms with van der Waals surface area (Å²) in [5.74, 6) is 1.98. The van der Waals surface area contributed by atoms with E-state index in [0.29, 0.717) is 18.2 Å². The molecule has 5 heteroatoms. The fourth-order valence-electron chi connectivity index (χ4n) is 2.98.